The highest BCUT2D eigenvalue weighted by Crippen LogP contribution is 2.10. The first-order valence-corrected chi connectivity index (χ1v) is 8.86. The lowest BCUT2D eigenvalue weighted by Crippen LogP contribution is -2.36. The van der Waals surface area contributed by atoms with Crippen molar-refractivity contribution in [3.05, 3.63) is 35.9 Å². The Kier molecular flexibility index (Phi) is 11.1. The number of unbranched alkanes of at least 4 members (excludes halogenated alkanes) is 8. The van der Waals surface area contributed by atoms with Gasteiger partial charge in [-0.2, -0.15) is 0 Å². The molecule has 0 aliphatic heterocycles. The van der Waals surface area contributed by atoms with Crippen molar-refractivity contribution in [2.24, 2.45) is 5.73 Å². The lowest BCUT2D eigenvalue weighted by molar-refractivity contribution is 0.461. The smallest absolute Gasteiger partial charge is 0.0548 e. The Morgan fingerprint density at radius 2 is 1.43 bits per heavy atom. The Labute approximate surface area is 131 Å². The summed E-state index contributed by atoms with van der Waals surface area (Å²) in [6.07, 6.45) is 13.6. The number of hydrogen-bond donors (Lipinski definition) is 2. The van der Waals surface area contributed by atoms with Crippen molar-refractivity contribution < 1.29 is 0 Å². The second-order valence-electron chi connectivity index (χ2n) is 6.09. The molecule has 1 aromatic rings. The summed E-state index contributed by atoms with van der Waals surface area (Å²) >= 11 is 0. The fraction of sp³-hybridized carbons (Fsp3) is 0.684. The van der Waals surface area contributed by atoms with Crippen LogP contribution in [0.1, 0.15) is 76.7 Å². The number of nitrogens with one attached hydrogen (secondary N) is 1. The number of rotatable bonds is 13. The van der Waals surface area contributed by atoms with Crippen LogP contribution in [0.15, 0.2) is 30.3 Å². The minimum absolute atomic E-state index is 0.134. The Morgan fingerprint density at radius 3 is 2.05 bits per heavy atom. The lowest BCUT2D eigenvalue weighted by atomic mass is 10.1. The Hall–Kier alpha value is -0.860. The monoisotopic (exact) mass is 290 g/mol. The summed E-state index contributed by atoms with van der Waals surface area (Å²) < 4.78 is 0. The van der Waals surface area contributed by atoms with Gasteiger partial charge in [-0.25, -0.2) is 0 Å². The summed E-state index contributed by atoms with van der Waals surface area (Å²) in [6.45, 7) is 3.15. The Bertz CT molecular complexity index is 324. The van der Waals surface area contributed by atoms with E-state index in [-0.39, 0.29) is 6.17 Å². The van der Waals surface area contributed by atoms with Gasteiger partial charge in [-0.15, -0.1) is 0 Å². The minimum atomic E-state index is 0.134. The van der Waals surface area contributed by atoms with Gasteiger partial charge in [-0.1, -0.05) is 95.0 Å². The zero-order valence-corrected chi connectivity index (χ0v) is 13.8. The molecule has 1 unspecified atom stereocenters. The van der Waals surface area contributed by atoms with E-state index in [2.05, 4.69) is 36.5 Å². The van der Waals surface area contributed by atoms with Crippen molar-refractivity contribution in [2.45, 2.75) is 83.8 Å². The third kappa shape index (κ3) is 10.5. The van der Waals surface area contributed by atoms with Crippen molar-refractivity contribution in [1.29, 1.82) is 0 Å². The summed E-state index contributed by atoms with van der Waals surface area (Å²) in [6, 6.07) is 10.5. The van der Waals surface area contributed by atoms with E-state index in [1.807, 2.05) is 6.07 Å². The van der Waals surface area contributed by atoms with E-state index in [0.717, 1.165) is 13.0 Å². The van der Waals surface area contributed by atoms with Crippen molar-refractivity contribution in [3.63, 3.8) is 0 Å². The molecule has 0 fully saturated rings. The largest absolute Gasteiger partial charge is 0.316 e. The third-order valence-corrected chi connectivity index (χ3v) is 4.03. The minimum Gasteiger partial charge on any atom is -0.316 e. The lowest BCUT2D eigenvalue weighted by Gasteiger charge is -2.13. The zero-order chi connectivity index (χ0) is 15.2. The van der Waals surface area contributed by atoms with E-state index >= 15 is 0 Å². The van der Waals surface area contributed by atoms with Gasteiger partial charge in [0, 0.05) is 6.54 Å². The number of benzene rings is 1. The maximum absolute atomic E-state index is 6.11. The molecule has 1 aromatic carbocycles. The molecule has 0 spiro atoms. The molecule has 3 N–H and O–H groups in total. The molecule has 2 nitrogen and oxygen atoms in total. The quantitative estimate of drug-likeness (QED) is 0.397. The van der Waals surface area contributed by atoms with Crippen LogP contribution in [0.2, 0.25) is 0 Å². The molecule has 0 saturated heterocycles. The first kappa shape index (κ1) is 18.2. The molecule has 0 saturated carbocycles. The molecule has 0 radical (unpaired) electrons. The van der Waals surface area contributed by atoms with E-state index in [4.69, 9.17) is 5.73 Å². The number of nitrogens with two attached hydrogens (primary N) is 1. The zero-order valence-electron chi connectivity index (χ0n) is 13.8. The van der Waals surface area contributed by atoms with Crippen LogP contribution in [-0.4, -0.2) is 6.17 Å². The molecule has 1 atom stereocenters. The fourth-order valence-corrected chi connectivity index (χ4v) is 2.62. The summed E-state index contributed by atoms with van der Waals surface area (Å²) in [5.41, 5.74) is 7.41. The van der Waals surface area contributed by atoms with Crippen molar-refractivity contribution in [2.75, 3.05) is 0 Å². The van der Waals surface area contributed by atoms with Gasteiger partial charge >= 0.3 is 0 Å². The fourth-order valence-electron chi connectivity index (χ4n) is 2.62. The predicted octanol–water partition coefficient (Wildman–Crippen LogP) is 4.98. The second-order valence-corrected chi connectivity index (χ2v) is 6.09. The van der Waals surface area contributed by atoms with Gasteiger partial charge in [-0.3, -0.25) is 5.32 Å². The van der Waals surface area contributed by atoms with Crippen molar-refractivity contribution in [3.8, 4) is 0 Å². The van der Waals surface area contributed by atoms with Gasteiger partial charge < -0.3 is 5.73 Å². The van der Waals surface area contributed by atoms with E-state index < -0.39 is 0 Å². The van der Waals surface area contributed by atoms with Crippen LogP contribution in [0.5, 0.6) is 0 Å². The van der Waals surface area contributed by atoms with Crippen LogP contribution in [0.4, 0.5) is 0 Å². The van der Waals surface area contributed by atoms with Crippen LogP contribution < -0.4 is 11.1 Å². The maximum Gasteiger partial charge on any atom is 0.0548 e. The molecule has 0 bridgehead atoms. The van der Waals surface area contributed by atoms with Gasteiger partial charge in [0.2, 0.25) is 0 Å². The molecule has 0 amide bonds. The highest BCUT2D eigenvalue weighted by atomic mass is 15.0. The molecule has 1 rings (SSSR count). The first-order chi connectivity index (χ1) is 10.3. The Balaban J connectivity index is 1.88. The van der Waals surface area contributed by atoms with E-state index in [1.165, 1.54) is 63.4 Å². The molecule has 0 aromatic heterocycles. The van der Waals surface area contributed by atoms with E-state index in [9.17, 15) is 0 Å². The average molecular weight is 290 g/mol. The maximum atomic E-state index is 6.11. The highest BCUT2D eigenvalue weighted by molar-refractivity contribution is 5.14. The van der Waals surface area contributed by atoms with Crippen molar-refractivity contribution in [1.82, 2.24) is 5.32 Å². The number of hydrogen-bond acceptors (Lipinski definition) is 2. The van der Waals surface area contributed by atoms with Gasteiger partial charge in [-0.05, 0) is 12.0 Å². The van der Waals surface area contributed by atoms with Crippen LogP contribution in [0.25, 0.3) is 0 Å². The molecule has 21 heavy (non-hydrogen) atoms. The molecule has 0 aliphatic carbocycles. The van der Waals surface area contributed by atoms with Gasteiger partial charge in [0.15, 0.2) is 0 Å². The first-order valence-electron chi connectivity index (χ1n) is 8.86. The normalized spacial score (nSPS) is 12.5. The molecule has 120 valence electrons. The SMILES string of the molecule is CCCCCCCCCCCC(N)NCc1ccccc1. The van der Waals surface area contributed by atoms with Crippen LogP contribution in [0.3, 0.4) is 0 Å². The average Bonchev–Trinajstić information content (AvgIpc) is 2.52. The third-order valence-electron chi connectivity index (χ3n) is 4.03. The standard InChI is InChI=1S/C19H34N2/c1-2-3-4-5-6-7-8-9-13-16-19(20)21-17-18-14-11-10-12-15-18/h10-12,14-15,19,21H,2-9,13,16-17,20H2,1H3. The van der Waals surface area contributed by atoms with Gasteiger partial charge in [0.05, 0.1) is 6.17 Å². The molecule has 0 heterocycles. The van der Waals surface area contributed by atoms with Gasteiger partial charge in [0.1, 0.15) is 0 Å². The van der Waals surface area contributed by atoms with E-state index in [1.54, 1.807) is 0 Å². The molecule has 0 aliphatic rings. The summed E-state index contributed by atoms with van der Waals surface area (Å²) in [5.74, 6) is 0. The summed E-state index contributed by atoms with van der Waals surface area (Å²) in [5, 5.41) is 3.40. The van der Waals surface area contributed by atoms with Crippen LogP contribution in [0, 0.1) is 0 Å². The second kappa shape index (κ2) is 12.8. The van der Waals surface area contributed by atoms with Gasteiger partial charge in [0.25, 0.3) is 0 Å². The predicted molar refractivity (Wildman–Crippen MR) is 93.1 cm³/mol. The molecule has 2 heteroatoms. The van der Waals surface area contributed by atoms with Crippen molar-refractivity contribution >= 4 is 0 Å². The Morgan fingerprint density at radius 1 is 0.857 bits per heavy atom. The molecular formula is C19H34N2. The molecular weight excluding hydrogens is 256 g/mol. The topological polar surface area (TPSA) is 38.0 Å². The van der Waals surface area contributed by atoms with E-state index in [0.29, 0.717) is 0 Å². The van der Waals surface area contributed by atoms with Crippen LogP contribution >= 0.6 is 0 Å². The summed E-state index contributed by atoms with van der Waals surface area (Å²) in [4.78, 5) is 0. The highest BCUT2D eigenvalue weighted by Gasteiger charge is 2.01. The summed E-state index contributed by atoms with van der Waals surface area (Å²) in [7, 11) is 0. The van der Waals surface area contributed by atoms with Crippen LogP contribution in [-0.2, 0) is 6.54 Å².